The van der Waals surface area contributed by atoms with Crippen molar-refractivity contribution in [1.82, 2.24) is 0 Å². The van der Waals surface area contributed by atoms with Gasteiger partial charge in [0.2, 0.25) is 0 Å². The Morgan fingerprint density at radius 3 is 2.45 bits per heavy atom. The van der Waals surface area contributed by atoms with Crippen molar-refractivity contribution < 1.29 is 24.4 Å². The molecule has 1 heterocycles. The van der Waals surface area contributed by atoms with Gasteiger partial charge >= 0.3 is 0 Å². The monoisotopic (exact) mass is 300 g/mol. The minimum absolute atomic E-state index is 0.299. The molecule has 5 nitrogen and oxygen atoms in total. The molecule has 0 radical (unpaired) electrons. The van der Waals surface area contributed by atoms with Crippen molar-refractivity contribution in [2.45, 2.75) is 43.4 Å². The number of ether oxygens (including phenoxy) is 3. The summed E-state index contributed by atoms with van der Waals surface area (Å²) in [6, 6.07) is 7.42. The molecule has 1 saturated heterocycles. The third kappa shape index (κ3) is 3.45. The fourth-order valence-electron chi connectivity index (χ4n) is 2.11. The van der Waals surface area contributed by atoms with Crippen LogP contribution < -0.4 is 4.74 Å². The second-order valence-electron chi connectivity index (χ2n) is 4.84. The predicted molar refractivity (Wildman–Crippen MR) is 76.9 cm³/mol. The van der Waals surface area contributed by atoms with Gasteiger partial charge in [-0.2, -0.15) is 0 Å². The van der Waals surface area contributed by atoms with Gasteiger partial charge in [-0.3, -0.25) is 0 Å². The van der Waals surface area contributed by atoms with Gasteiger partial charge in [0.25, 0.3) is 0 Å². The molecule has 0 amide bonds. The molecule has 0 aliphatic carbocycles. The van der Waals surface area contributed by atoms with E-state index in [1.807, 2.05) is 24.3 Å². The van der Waals surface area contributed by atoms with E-state index in [4.69, 9.17) is 14.2 Å². The fraction of sp³-hybridized carbons (Fsp3) is 0.571. The molecule has 5 atom stereocenters. The molecule has 112 valence electrons. The maximum atomic E-state index is 10.0. The van der Waals surface area contributed by atoms with E-state index in [1.54, 1.807) is 14.0 Å². The van der Waals surface area contributed by atoms with Crippen LogP contribution in [0, 0.1) is 0 Å². The summed E-state index contributed by atoms with van der Waals surface area (Å²) < 4.78 is 16.1. The molecule has 2 N–H and O–H groups in total. The van der Waals surface area contributed by atoms with Crippen LogP contribution in [0.4, 0.5) is 0 Å². The lowest BCUT2D eigenvalue weighted by molar-refractivity contribution is -0.209. The van der Waals surface area contributed by atoms with Crippen molar-refractivity contribution in [2.75, 3.05) is 7.11 Å². The van der Waals surface area contributed by atoms with Crippen LogP contribution in [0.25, 0.3) is 0 Å². The van der Waals surface area contributed by atoms with Gasteiger partial charge in [-0.1, -0.05) is 12.1 Å². The first-order chi connectivity index (χ1) is 9.52. The van der Waals surface area contributed by atoms with Crippen LogP contribution in [0.2, 0.25) is 0 Å². The SMILES string of the molecule is COc1ccc(CO[C@@H]2[C@H](O)[C@H](O)[C@@H](C)O[C@H]2S)cc1. The largest absolute Gasteiger partial charge is 0.497 e. The Kier molecular flexibility index (Phi) is 5.29. The van der Waals surface area contributed by atoms with Gasteiger partial charge in [0.1, 0.15) is 29.5 Å². The highest BCUT2D eigenvalue weighted by Gasteiger charge is 2.41. The van der Waals surface area contributed by atoms with Gasteiger partial charge in [-0.25, -0.2) is 0 Å². The van der Waals surface area contributed by atoms with Gasteiger partial charge < -0.3 is 24.4 Å². The van der Waals surface area contributed by atoms with Crippen LogP contribution in [-0.2, 0) is 16.1 Å². The molecule has 0 saturated carbocycles. The maximum Gasteiger partial charge on any atom is 0.129 e. The second-order valence-corrected chi connectivity index (χ2v) is 5.35. The van der Waals surface area contributed by atoms with Crippen LogP contribution in [0.15, 0.2) is 24.3 Å². The first kappa shape index (κ1) is 15.6. The van der Waals surface area contributed by atoms with E-state index in [0.717, 1.165) is 11.3 Å². The molecule has 1 fully saturated rings. The van der Waals surface area contributed by atoms with Crippen molar-refractivity contribution in [3.05, 3.63) is 29.8 Å². The van der Waals surface area contributed by atoms with Crippen LogP contribution in [-0.4, -0.2) is 47.2 Å². The number of thiol groups is 1. The van der Waals surface area contributed by atoms with Crippen LogP contribution in [0.5, 0.6) is 5.75 Å². The van der Waals surface area contributed by atoms with Crippen LogP contribution in [0.1, 0.15) is 12.5 Å². The third-order valence-corrected chi connectivity index (χ3v) is 3.82. The van der Waals surface area contributed by atoms with Crippen molar-refractivity contribution in [2.24, 2.45) is 0 Å². The quantitative estimate of drug-likeness (QED) is 0.723. The van der Waals surface area contributed by atoms with Gasteiger partial charge in [0.15, 0.2) is 0 Å². The van der Waals surface area contributed by atoms with Crippen LogP contribution >= 0.6 is 12.6 Å². The average molecular weight is 300 g/mol. The minimum atomic E-state index is -1.01. The molecule has 1 aliphatic heterocycles. The summed E-state index contributed by atoms with van der Waals surface area (Å²) in [6.45, 7) is 1.99. The lowest BCUT2D eigenvalue weighted by Crippen LogP contribution is -2.55. The highest BCUT2D eigenvalue weighted by Crippen LogP contribution is 2.26. The molecule has 0 unspecified atom stereocenters. The van der Waals surface area contributed by atoms with E-state index < -0.39 is 29.9 Å². The zero-order valence-corrected chi connectivity index (χ0v) is 12.4. The number of rotatable bonds is 4. The molecule has 2 rings (SSSR count). The van der Waals surface area contributed by atoms with Crippen LogP contribution in [0.3, 0.4) is 0 Å². The summed E-state index contributed by atoms with van der Waals surface area (Å²) in [5, 5.41) is 19.8. The Labute approximate surface area is 123 Å². The van der Waals surface area contributed by atoms with Gasteiger partial charge in [0, 0.05) is 0 Å². The van der Waals surface area contributed by atoms with E-state index in [-0.39, 0.29) is 0 Å². The van der Waals surface area contributed by atoms with E-state index in [2.05, 4.69) is 12.6 Å². The highest BCUT2D eigenvalue weighted by atomic mass is 32.1. The molecule has 1 aromatic carbocycles. The minimum Gasteiger partial charge on any atom is -0.497 e. The fourth-order valence-corrected chi connectivity index (χ4v) is 2.57. The lowest BCUT2D eigenvalue weighted by Gasteiger charge is -2.39. The van der Waals surface area contributed by atoms with Crippen molar-refractivity contribution in [3.8, 4) is 5.75 Å². The number of hydrogen-bond acceptors (Lipinski definition) is 6. The Balaban J connectivity index is 1.94. The number of hydrogen-bond donors (Lipinski definition) is 3. The smallest absolute Gasteiger partial charge is 0.129 e. The molecular formula is C14H20O5S. The molecule has 0 bridgehead atoms. The Morgan fingerprint density at radius 1 is 1.20 bits per heavy atom. The molecule has 1 aromatic rings. The zero-order valence-electron chi connectivity index (χ0n) is 11.5. The number of benzene rings is 1. The number of aliphatic hydroxyl groups excluding tert-OH is 2. The molecular weight excluding hydrogens is 280 g/mol. The van der Waals surface area contributed by atoms with Gasteiger partial charge in [-0.05, 0) is 24.6 Å². The summed E-state index contributed by atoms with van der Waals surface area (Å²) in [4.78, 5) is 0. The van der Waals surface area contributed by atoms with Gasteiger partial charge in [0.05, 0.1) is 19.8 Å². The maximum absolute atomic E-state index is 10.0. The Morgan fingerprint density at radius 2 is 1.85 bits per heavy atom. The summed E-state index contributed by atoms with van der Waals surface area (Å²) in [5.74, 6) is 0.770. The lowest BCUT2D eigenvalue weighted by atomic mass is 10.0. The summed E-state index contributed by atoms with van der Waals surface area (Å²) in [6.07, 6.45) is -3.13. The highest BCUT2D eigenvalue weighted by molar-refractivity contribution is 7.80. The summed E-state index contributed by atoms with van der Waals surface area (Å²) in [7, 11) is 1.61. The van der Waals surface area contributed by atoms with E-state index in [0.29, 0.717) is 6.61 Å². The van der Waals surface area contributed by atoms with E-state index >= 15 is 0 Å². The topological polar surface area (TPSA) is 68.2 Å². The summed E-state index contributed by atoms with van der Waals surface area (Å²) >= 11 is 4.26. The summed E-state index contributed by atoms with van der Waals surface area (Å²) in [5.41, 5.74) is 0.369. The molecule has 6 heteroatoms. The molecule has 1 aliphatic rings. The first-order valence-electron chi connectivity index (χ1n) is 6.47. The number of aliphatic hydroxyl groups is 2. The molecule has 20 heavy (non-hydrogen) atoms. The zero-order chi connectivity index (χ0) is 14.7. The van der Waals surface area contributed by atoms with Crippen molar-refractivity contribution in [1.29, 1.82) is 0 Å². The Hall–Kier alpha value is -0.790. The standard InChI is InChI=1S/C14H20O5S/c1-8-11(15)12(16)13(14(20)19-8)18-7-9-3-5-10(17-2)6-4-9/h3-6,8,11-16,20H,7H2,1-2H3/t8-,11-,12-,13-,14+/m1/s1. The van der Waals surface area contributed by atoms with Crippen molar-refractivity contribution in [3.63, 3.8) is 0 Å². The Bertz CT molecular complexity index is 424. The normalized spacial score (nSPS) is 34.0. The molecule has 0 spiro atoms. The number of methoxy groups -OCH3 is 1. The average Bonchev–Trinajstić information content (AvgIpc) is 2.45. The van der Waals surface area contributed by atoms with E-state index in [1.165, 1.54) is 0 Å². The predicted octanol–water partition coefficient (Wildman–Crippen LogP) is 0.977. The van der Waals surface area contributed by atoms with Crippen molar-refractivity contribution >= 4 is 12.6 Å². The second kappa shape index (κ2) is 6.78. The van der Waals surface area contributed by atoms with E-state index in [9.17, 15) is 10.2 Å². The first-order valence-corrected chi connectivity index (χ1v) is 6.98. The van der Waals surface area contributed by atoms with Gasteiger partial charge in [-0.15, -0.1) is 12.6 Å². The molecule has 0 aromatic heterocycles. The third-order valence-electron chi connectivity index (χ3n) is 3.40.